The molecule has 1 aromatic heterocycles. The van der Waals surface area contributed by atoms with Gasteiger partial charge in [-0.25, -0.2) is 9.78 Å². The molecule has 0 aliphatic heterocycles. The van der Waals surface area contributed by atoms with Crippen molar-refractivity contribution in [1.29, 1.82) is 0 Å². The van der Waals surface area contributed by atoms with Crippen molar-refractivity contribution in [3.63, 3.8) is 0 Å². The predicted octanol–water partition coefficient (Wildman–Crippen LogP) is 2.13. The summed E-state index contributed by atoms with van der Waals surface area (Å²) in [6.07, 6.45) is 4.13. The Morgan fingerprint density at radius 2 is 2.20 bits per heavy atom. The average Bonchev–Trinajstić information content (AvgIpc) is 2.46. The van der Waals surface area contributed by atoms with E-state index in [4.69, 9.17) is 4.74 Å². The summed E-state index contributed by atoms with van der Waals surface area (Å²) in [6, 6.07) is 1.80. The van der Waals surface area contributed by atoms with E-state index in [0.717, 1.165) is 36.9 Å². The van der Waals surface area contributed by atoms with Gasteiger partial charge in [0.15, 0.2) is 0 Å². The lowest BCUT2D eigenvalue weighted by Gasteiger charge is -2.23. The van der Waals surface area contributed by atoms with Gasteiger partial charge in [0.2, 0.25) is 0 Å². The third-order valence-corrected chi connectivity index (χ3v) is 3.65. The van der Waals surface area contributed by atoms with Crippen molar-refractivity contribution in [2.45, 2.75) is 32.6 Å². The van der Waals surface area contributed by atoms with Crippen LogP contribution in [0.1, 0.15) is 41.4 Å². The first-order valence-electron chi connectivity index (χ1n) is 7.18. The van der Waals surface area contributed by atoms with E-state index in [2.05, 4.69) is 4.98 Å². The average molecular weight is 278 g/mol. The zero-order valence-corrected chi connectivity index (χ0v) is 12.2. The molecule has 110 valence electrons. The number of aryl methyl sites for hydroxylation is 2. The Morgan fingerprint density at radius 3 is 2.90 bits per heavy atom. The zero-order chi connectivity index (χ0) is 14.5. The van der Waals surface area contributed by atoms with Crippen molar-refractivity contribution in [2.75, 3.05) is 31.7 Å². The topological polar surface area (TPSA) is 62.7 Å². The molecule has 20 heavy (non-hydrogen) atoms. The molecule has 2 rings (SSSR count). The van der Waals surface area contributed by atoms with Crippen LogP contribution in [0.2, 0.25) is 0 Å². The minimum absolute atomic E-state index is 0.296. The number of aromatic carboxylic acids is 1. The normalized spacial score (nSPS) is 13.9. The lowest BCUT2D eigenvalue weighted by Crippen LogP contribution is -2.27. The van der Waals surface area contributed by atoms with Gasteiger partial charge in [-0.1, -0.05) is 0 Å². The molecule has 0 spiro atoms. The Kier molecular flexibility index (Phi) is 4.95. The SMILES string of the molecule is CCOCCN(C)c1nc2c(cc1C(=O)O)CCCC2. The molecule has 1 aliphatic rings. The van der Waals surface area contributed by atoms with Crippen molar-refractivity contribution in [1.82, 2.24) is 4.98 Å². The molecule has 1 aliphatic carbocycles. The minimum atomic E-state index is -0.913. The Bertz CT molecular complexity index is 488. The van der Waals surface area contributed by atoms with Gasteiger partial charge in [-0.05, 0) is 44.2 Å². The molecule has 0 bridgehead atoms. The number of carbonyl (C=O) groups is 1. The van der Waals surface area contributed by atoms with Crippen LogP contribution < -0.4 is 4.90 Å². The third kappa shape index (κ3) is 3.28. The molecule has 0 aromatic carbocycles. The van der Waals surface area contributed by atoms with Crippen LogP contribution in [0.25, 0.3) is 0 Å². The lowest BCUT2D eigenvalue weighted by atomic mass is 9.94. The summed E-state index contributed by atoms with van der Waals surface area (Å²) in [5.74, 6) is -0.359. The highest BCUT2D eigenvalue weighted by Crippen LogP contribution is 2.26. The third-order valence-electron chi connectivity index (χ3n) is 3.65. The molecule has 0 amide bonds. The standard InChI is InChI=1S/C15H22N2O3/c1-3-20-9-8-17(2)14-12(15(18)19)10-11-6-4-5-7-13(11)16-14/h10H,3-9H2,1-2H3,(H,18,19). The van der Waals surface area contributed by atoms with Gasteiger partial charge < -0.3 is 14.7 Å². The van der Waals surface area contributed by atoms with Gasteiger partial charge in [0.05, 0.1) is 6.61 Å². The van der Waals surface area contributed by atoms with Crippen LogP contribution in [0.4, 0.5) is 5.82 Å². The molecule has 0 saturated heterocycles. The maximum atomic E-state index is 11.4. The van der Waals surface area contributed by atoms with Crippen molar-refractivity contribution < 1.29 is 14.6 Å². The molecule has 1 aromatic rings. The molecule has 0 atom stereocenters. The maximum Gasteiger partial charge on any atom is 0.339 e. The second kappa shape index (κ2) is 6.70. The number of fused-ring (bicyclic) bond motifs is 1. The van der Waals surface area contributed by atoms with Crippen molar-refractivity contribution in [3.05, 3.63) is 22.9 Å². The summed E-state index contributed by atoms with van der Waals surface area (Å²) in [5, 5.41) is 9.39. The van der Waals surface area contributed by atoms with E-state index in [9.17, 15) is 9.90 Å². The molecular formula is C15H22N2O3. The Morgan fingerprint density at radius 1 is 1.45 bits per heavy atom. The van der Waals surface area contributed by atoms with E-state index in [1.807, 2.05) is 18.9 Å². The monoisotopic (exact) mass is 278 g/mol. The molecule has 1 heterocycles. The summed E-state index contributed by atoms with van der Waals surface area (Å²) in [5.41, 5.74) is 2.44. The number of carboxylic acids is 1. The molecule has 0 unspecified atom stereocenters. The first kappa shape index (κ1) is 14.8. The Balaban J connectivity index is 2.27. The smallest absolute Gasteiger partial charge is 0.339 e. The van der Waals surface area contributed by atoms with Crippen molar-refractivity contribution >= 4 is 11.8 Å². The first-order chi connectivity index (χ1) is 9.63. The molecule has 0 saturated carbocycles. The number of hydrogen-bond donors (Lipinski definition) is 1. The molecule has 5 heteroatoms. The van der Waals surface area contributed by atoms with E-state index in [0.29, 0.717) is 31.1 Å². The molecule has 1 N–H and O–H groups in total. The fraction of sp³-hybridized carbons (Fsp3) is 0.600. The first-order valence-corrected chi connectivity index (χ1v) is 7.18. The molecular weight excluding hydrogens is 256 g/mol. The molecule has 5 nitrogen and oxygen atoms in total. The fourth-order valence-corrected chi connectivity index (χ4v) is 2.52. The number of likely N-dealkylation sites (N-methyl/N-ethyl adjacent to an activating group) is 1. The number of ether oxygens (including phenoxy) is 1. The number of carboxylic acid groups (broad SMARTS) is 1. The zero-order valence-electron chi connectivity index (χ0n) is 12.2. The molecule has 0 fully saturated rings. The maximum absolute atomic E-state index is 11.4. The van der Waals surface area contributed by atoms with E-state index in [-0.39, 0.29) is 0 Å². The highest BCUT2D eigenvalue weighted by Gasteiger charge is 2.20. The van der Waals surface area contributed by atoms with Gasteiger partial charge in [0.25, 0.3) is 0 Å². The van der Waals surface area contributed by atoms with Crippen molar-refractivity contribution in [3.8, 4) is 0 Å². The summed E-state index contributed by atoms with van der Waals surface area (Å²) < 4.78 is 5.32. The van der Waals surface area contributed by atoms with E-state index in [1.54, 1.807) is 6.07 Å². The number of rotatable bonds is 6. The Labute approximate surface area is 119 Å². The summed E-state index contributed by atoms with van der Waals surface area (Å²) in [6.45, 7) is 3.82. The number of pyridine rings is 1. The quantitative estimate of drug-likeness (QED) is 0.808. The van der Waals surface area contributed by atoms with Gasteiger partial charge >= 0.3 is 5.97 Å². The summed E-state index contributed by atoms with van der Waals surface area (Å²) >= 11 is 0. The van der Waals surface area contributed by atoms with Crippen LogP contribution in [0.5, 0.6) is 0 Å². The lowest BCUT2D eigenvalue weighted by molar-refractivity contribution is 0.0696. The van der Waals surface area contributed by atoms with Crippen LogP contribution >= 0.6 is 0 Å². The number of nitrogens with zero attached hydrogens (tertiary/aromatic N) is 2. The number of hydrogen-bond acceptors (Lipinski definition) is 4. The van der Waals surface area contributed by atoms with Crippen LogP contribution in [0.15, 0.2) is 6.07 Å². The van der Waals surface area contributed by atoms with Gasteiger partial charge in [0, 0.05) is 25.9 Å². The van der Waals surface area contributed by atoms with Crippen LogP contribution in [0.3, 0.4) is 0 Å². The highest BCUT2D eigenvalue weighted by molar-refractivity contribution is 5.93. The van der Waals surface area contributed by atoms with Crippen LogP contribution in [-0.4, -0.2) is 42.9 Å². The highest BCUT2D eigenvalue weighted by atomic mass is 16.5. The van der Waals surface area contributed by atoms with E-state index in [1.165, 1.54) is 0 Å². The van der Waals surface area contributed by atoms with Gasteiger partial charge in [-0.2, -0.15) is 0 Å². The second-order valence-electron chi connectivity index (χ2n) is 5.10. The van der Waals surface area contributed by atoms with E-state index < -0.39 is 5.97 Å². The summed E-state index contributed by atoms with van der Waals surface area (Å²) in [7, 11) is 1.86. The largest absolute Gasteiger partial charge is 0.478 e. The minimum Gasteiger partial charge on any atom is -0.478 e. The van der Waals surface area contributed by atoms with Gasteiger partial charge in [-0.15, -0.1) is 0 Å². The Hall–Kier alpha value is -1.62. The van der Waals surface area contributed by atoms with Crippen LogP contribution in [-0.2, 0) is 17.6 Å². The molecule has 0 radical (unpaired) electrons. The van der Waals surface area contributed by atoms with Crippen molar-refractivity contribution in [2.24, 2.45) is 0 Å². The van der Waals surface area contributed by atoms with E-state index >= 15 is 0 Å². The second-order valence-corrected chi connectivity index (χ2v) is 5.10. The number of aromatic nitrogens is 1. The predicted molar refractivity (Wildman–Crippen MR) is 77.6 cm³/mol. The summed E-state index contributed by atoms with van der Waals surface area (Å²) in [4.78, 5) is 17.9. The fourth-order valence-electron chi connectivity index (χ4n) is 2.52. The van der Waals surface area contributed by atoms with Gasteiger partial charge in [0.1, 0.15) is 11.4 Å². The van der Waals surface area contributed by atoms with Gasteiger partial charge in [-0.3, -0.25) is 0 Å². The van der Waals surface area contributed by atoms with Crippen LogP contribution in [0, 0.1) is 0 Å². The number of anilines is 1.